The number of aryl methyl sites for hydroxylation is 4. The lowest BCUT2D eigenvalue weighted by Gasteiger charge is -2.25. The molecule has 5 nitrogen and oxygen atoms in total. The Balaban J connectivity index is 1.85. The van der Waals surface area contributed by atoms with Crippen molar-refractivity contribution in [2.24, 2.45) is 9.98 Å². The standard InChI is InChI=1S/C28H43N5/c1-8-33(9-2)28(32-27-23(5)17-14-18-24(27)6)30-20-12-10-11-19-29-25(7)31-26-21(3)15-13-16-22(26)4/h13-18H,8-12,19-20H2,1-7H3,(H,29,31)(H,30,32). The van der Waals surface area contributed by atoms with E-state index >= 15 is 0 Å². The zero-order valence-electron chi connectivity index (χ0n) is 21.8. The van der Waals surface area contributed by atoms with Crippen molar-refractivity contribution in [1.82, 2.24) is 4.90 Å². The van der Waals surface area contributed by atoms with E-state index in [1.54, 1.807) is 0 Å². The maximum Gasteiger partial charge on any atom is 0.198 e. The summed E-state index contributed by atoms with van der Waals surface area (Å²) in [7, 11) is 0. The summed E-state index contributed by atoms with van der Waals surface area (Å²) < 4.78 is 0. The molecule has 0 bridgehead atoms. The van der Waals surface area contributed by atoms with E-state index in [0.29, 0.717) is 0 Å². The largest absolute Gasteiger partial charge is 0.344 e. The number of benzene rings is 2. The molecule has 2 aromatic carbocycles. The molecule has 0 saturated heterocycles. The minimum absolute atomic E-state index is 0.827. The first kappa shape index (κ1) is 26.4. The van der Waals surface area contributed by atoms with Crippen LogP contribution in [0.5, 0.6) is 0 Å². The average Bonchev–Trinajstić information content (AvgIpc) is 2.78. The van der Waals surface area contributed by atoms with Crippen molar-refractivity contribution in [2.45, 2.75) is 67.7 Å². The summed E-state index contributed by atoms with van der Waals surface area (Å²) in [5.41, 5.74) is 7.34. The Hall–Kier alpha value is -2.82. The third kappa shape index (κ3) is 8.23. The first-order chi connectivity index (χ1) is 15.9. The number of nitrogens with one attached hydrogen (secondary N) is 2. The number of hydrogen-bond acceptors (Lipinski definition) is 2. The number of anilines is 2. The van der Waals surface area contributed by atoms with Gasteiger partial charge in [0.2, 0.25) is 0 Å². The van der Waals surface area contributed by atoms with E-state index in [-0.39, 0.29) is 0 Å². The molecule has 5 heteroatoms. The quantitative estimate of drug-likeness (QED) is 0.240. The second-order valence-corrected chi connectivity index (χ2v) is 8.69. The number of unbranched alkanes of at least 4 members (excludes halogenated alkanes) is 2. The Labute approximate surface area is 201 Å². The van der Waals surface area contributed by atoms with Crippen LogP contribution in [-0.2, 0) is 0 Å². The zero-order valence-corrected chi connectivity index (χ0v) is 21.8. The summed E-state index contributed by atoms with van der Waals surface area (Å²) in [5, 5.41) is 7.08. The van der Waals surface area contributed by atoms with Gasteiger partial charge in [-0.1, -0.05) is 36.4 Å². The molecule has 0 heterocycles. The molecule has 0 aliphatic heterocycles. The van der Waals surface area contributed by atoms with Gasteiger partial charge in [-0.3, -0.25) is 9.98 Å². The fourth-order valence-electron chi connectivity index (χ4n) is 3.93. The van der Waals surface area contributed by atoms with E-state index in [1.807, 2.05) is 6.92 Å². The van der Waals surface area contributed by atoms with Crippen molar-refractivity contribution < 1.29 is 0 Å². The SMILES string of the molecule is CCN(CC)C(=NCCCCCN=C(C)Nc1c(C)cccc1C)Nc1c(C)cccc1C. The number of aliphatic imine (C=N–C) groups is 2. The minimum Gasteiger partial charge on any atom is -0.344 e. The van der Waals surface area contributed by atoms with E-state index in [2.05, 4.69) is 93.5 Å². The molecule has 0 aromatic heterocycles. The zero-order chi connectivity index (χ0) is 24.2. The van der Waals surface area contributed by atoms with Crippen LogP contribution in [-0.4, -0.2) is 42.9 Å². The Kier molecular flexibility index (Phi) is 10.9. The van der Waals surface area contributed by atoms with Gasteiger partial charge in [-0.15, -0.1) is 0 Å². The molecule has 180 valence electrons. The molecular weight excluding hydrogens is 406 g/mol. The van der Waals surface area contributed by atoms with Crippen molar-refractivity contribution >= 4 is 23.2 Å². The lowest BCUT2D eigenvalue weighted by atomic mass is 10.1. The van der Waals surface area contributed by atoms with Crippen LogP contribution in [0.1, 0.15) is 62.3 Å². The van der Waals surface area contributed by atoms with Crippen LogP contribution in [0.3, 0.4) is 0 Å². The van der Waals surface area contributed by atoms with Gasteiger partial charge in [-0.05, 0) is 90.0 Å². The number of hydrogen-bond donors (Lipinski definition) is 2. The molecule has 0 aliphatic carbocycles. The van der Waals surface area contributed by atoms with Gasteiger partial charge in [-0.25, -0.2) is 0 Å². The first-order valence-corrected chi connectivity index (χ1v) is 12.3. The van der Waals surface area contributed by atoms with Crippen molar-refractivity contribution in [2.75, 3.05) is 36.8 Å². The smallest absolute Gasteiger partial charge is 0.198 e. The van der Waals surface area contributed by atoms with Gasteiger partial charge in [0.1, 0.15) is 0 Å². The van der Waals surface area contributed by atoms with Gasteiger partial charge in [0.15, 0.2) is 5.96 Å². The number of rotatable bonds is 10. The fourth-order valence-corrected chi connectivity index (χ4v) is 3.93. The predicted octanol–water partition coefficient (Wildman–Crippen LogP) is 6.73. The molecule has 2 N–H and O–H groups in total. The van der Waals surface area contributed by atoms with Crippen molar-refractivity contribution in [3.8, 4) is 0 Å². The maximum atomic E-state index is 4.93. The summed E-state index contributed by atoms with van der Waals surface area (Å²) in [6, 6.07) is 12.7. The number of nitrogens with zero attached hydrogens (tertiary/aromatic N) is 3. The highest BCUT2D eigenvalue weighted by atomic mass is 15.3. The summed E-state index contributed by atoms with van der Waals surface area (Å²) in [4.78, 5) is 11.9. The van der Waals surface area contributed by atoms with Crippen LogP contribution in [0, 0.1) is 27.7 Å². The summed E-state index contributed by atoms with van der Waals surface area (Å²) >= 11 is 0. The second-order valence-electron chi connectivity index (χ2n) is 8.69. The van der Waals surface area contributed by atoms with E-state index in [1.165, 1.54) is 33.6 Å². The van der Waals surface area contributed by atoms with E-state index in [9.17, 15) is 0 Å². The minimum atomic E-state index is 0.827. The predicted molar refractivity (Wildman–Crippen MR) is 146 cm³/mol. The highest BCUT2D eigenvalue weighted by molar-refractivity contribution is 5.95. The van der Waals surface area contributed by atoms with Gasteiger partial charge in [0.05, 0.1) is 5.84 Å². The Morgan fingerprint density at radius 1 is 0.697 bits per heavy atom. The van der Waals surface area contributed by atoms with Crippen molar-refractivity contribution in [1.29, 1.82) is 0 Å². The van der Waals surface area contributed by atoms with Gasteiger partial charge >= 0.3 is 0 Å². The van der Waals surface area contributed by atoms with Crippen LogP contribution >= 0.6 is 0 Å². The Morgan fingerprint density at radius 2 is 1.15 bits per heavy atom. The molecule has 0 atom stereocenters. The molecule has 0 spiro atoms. The lowest BCUT2D eigenvalue weighted by Crippen LogP contribution is -2.36. The number of para-hydroxylation sites is 2. The summed E-state index contributed by atoms with van der Waals surface area (Å²) in [5.74, 6) is 1.95. The van der Waals surface area contributed by atoms with Crippen LogP contribution in [0.25, 0.3) is 0 Å². The molecule has 0 unspecified atom stereocenters. The lowest BCUT2D eigenvalue weighted by molar-refractivity contribution is 0.461. The van der Waals surface area contributed by atoms with Crippen LogP contribution < -0.4 is 10.6 Å². The molecular formula is C28H43N5. The number of guanidine groups is 1. The van der Waals surface area contributed by atoms with Gasteiger partial charge in [0, 0.05) is 37.6 Å². The van der Waals surface area contributed by atoms with E-state index < -0.39 is 0 Å². The van der Waals surface area contributed by atoms with Gasteiger partial charge in [0.25, 0.3) is 0 Å². The monoisotopic (exact) mass is 449 g/mol. The third-order valence-electron chi connectivity index (χ3n) is 5.99. The third-order valence-corrected chi connectivity index (χ3v) is 5.99. The first-order valence-electron chi connectivity index (χ1n) is 12.3. The van der Waals surface area contributed by atoms with Crippen LogP contribution in [0.2, 0.25) is 0 Å². The molecule has 33 heavy (non-hydrogen) atoms. The Bertz CT molecular complexity index is 901. The van der Waals surface area contributed by atoms with Crippen LogP contribution in [0.4, 0.5) is 11.4 Å². The van der Waals surface area contributed by atoms with Crippen molar-refractivity contribution in [3.63, 3.8) is 0 Å². The highest BCUT2D eigenvalue weighted by Crippen LogP contribution is 2.20. The molecule has 2 aromatic rings. The second kappa shape index (κ2) is 13.7. The number of amidine groups is 1. The van der Waals surface area contributed by atoms with E-state index in [0.717, 1.165) is 57.2 Å². The Morgan fingerprint density at radius 3 is 1.64 bits per heavy atom. The molecule has 0 aliphatic rings. The highest BCUT2D eigenvalue weighted by Gasteiger charge is 2.11. The van der Waals surface area contributed by atoms with Crippen molar-refractivity contribution in [3.05, 3.63) is 58.7 Å². The van der Waals surface area contributed by atoms with Gasteiger partial charge < -0.3 is 15.5 Å². The molecule has 0 radical (unpaired) electrons. The topological polar surface area (TPSA) is 52.0 Å². The fraction of sp³-hybridized carbons (Fsp3) is 0.500. The van der Waals surface area contributed by atoms with Gasteiger partial charge in [-0.2, -0.15) is 0 Å². The normalized spacial score (nSPS) is 12.1. The molecule has 0 fully saturated rings. The molecule has 2 rings (SSSR count). The summed E-state index contributed by atoms with van der Waals surface area (Å²) in [6.07, 6.45) is 3.27. The maximum absolute atomic E-state index is 4.93. The molecule has 0 saturated carbocycles. The van der Waals surface area contributed by atoms with Crippen LogP contribution in [0.15, 0.2) is 46.4 Å². The molecule has 0 amide bonds. The van der Waals surface area contributed by atoms with E-state index in [4.69, 9.17) is 9.98 Å². The summed E-state index contributed by atoms with van der Waals surface area (Å²) in [6.45, 7) is 18.5. The average molecular weight is 450 g/mol.